The van der Waals surface area contributed by atoms with Crippen molar-refractivity contribution in [3.8, 4) is 0 Å². The summed E-state index contributed by atoms with van der Waals surface area (Å²) in [5, 5.41) is 2.44. The van der Waals surface area contributed by atoms with E-state index >= 15 is 0 Å². The van der Waals surface area contributed by atoms with Crippen molar-refractivity contribution in [1.82, 2.24) is 4.98 Å². The Labute approximate surface area is 121 Å². The molecule has 0 N–H and O–H groups in total. The molecule has 96 valence electrons. The highest BCUT2D eigenvalue weighted by molar-refractivity contribution is 9.09. The molecule has 1 aliphatic carbocycles. The van der Waals surface area contributed by atoms with Gasteiger partial charge in [-0.15, -0.1) is 11.3 Å². The molecule has 1 aliphatic rings. The quantitative estimate of drug-likeness (QED) is 0.709. The Hall–Kier alpha value is -0.410. The van der Waals surface area contributed by atoms with Crippen molar-refractivity contribution in [2.75, 3.05) is 5.33 Å². The minimum atomic E-state index is 0.464. The summed E-state index contributed by atoms with van der Waals surface area (Å²) in [5.41, 5.74) is 1.63. The standard InChI is InChI=1S/C15H18BrNS/c16-11-15(8-4-1-5-9-15)10-14-17-12-6-2-3-7-13(12)18-14/h2-3,6-7H,1,4-5,8-11H2. The van der Waals surface area contributed by atoms with Crippen LogP contribution in [-0.2, 0) is 6.42 Å². The van der Waals surface area contributed by atoms with Crippen molar-refractivity contribution in [2.45, 2.75) is 38.5 Å². The van der Waals surface area contributed by atoms with Gasteiger partial charge in [-0.25, -0.2) is 4.98 Å². The van der Waals surface area contributed by atoms with Crippen molar-refractivity contribution in [3.63, 3.8) is 0 Å². The second-order valence-electron chi connectivity index (χ2n) is 5.45. The number of aromatic nitrogens is 1. The van der Waals surface area contributed by atoms with Crippen molar-refractivity contribution in [3.05, 3.63) is 29.3 Å². The number of hydrogen-bond acceptors (Lipinski definition) is 2. The number of benzene rings is 1. The van der Waals surface area contributed by atoms with Gasteiger partial charge >= 0.3 is 0 Å². The molecule has 0 radical (unpaired) electrons. The molecule has 3 heteroatoms. The molecule has 18 heavy (non-hydrogen) atoms. The Bertz CT molecular complexity index is 495. The molecule has 0 unspecified atom stereocenters. The normalized spacial score (nSPS) is 19.2. The summed E-state index contributed by atoms with van der Waals surface area (Å²) in [5.74, 6) is 0. The van der Waals surface area contributed by atoms with Gasteiger partial charge in [0.1, 0.15) is 0 Å². The van der Waals surface area contributed by atoms with E-state index < -0.39 is 0 Å². The molecule has 0 saturated heterocycles. The number of thiazole rings is 1. The first kappa shape index (κ1) is 12.6. The molecule has 1 nitrogen and oxygen atoms in total. The van der Waals surface area contributed by atoms with Crippen LogP contribution < -0.4 is 0 Å². The molecule has 0 spiro atoms. The van der Waals surface area contributed by atoms with E-state index in [4.69, 9.17) is 4.98 Å². The summed E-state index contributed by atoms with van der Waals surface area (Å²) in [4.78, 5) is 4.80. The first-order valence-corrected chi connectivity index (χ1v) is 8.66. The van der Waals surface area contributed by atoms with Crippen molar-refractivity contribution in [1.29, 1.82) is 0 Å². The van der Waals surface area contributed by atoms with Crippen molar-refractivity contribution >= 4 is 37.5 Å². The number of para-hydroxylation sites is 1. The van der Waals surface area contributed by atoms with E-state index in [1.165, 1.54) is 41.8 Å². The summed E-state index contributed by atoms with van der Waals surface area (Å²) in [6.45, 7) is 0. The van der Waals surface area contributed by atoms with Gasteiger partial charge in [-0.2, -0.15) is 0 Å². The number of nitrogens with zero attached hydrogens (tertiary/aromatic N) is 1. The Morgan fingerprint density at radius 2 is 1.94 bits per heavy atom. The van der Waals surface area contributed by atoms with E-state index in [2.05, 4.69) is 40.2 Å². The number of hydrogen-bond donors (Lipinski definition) is 0. The van der Waals surface area contributed by atoms with Crippen LogP contribution in [0.15, 0.2) is 24.3 Å². The van der Waals surface area contributed by atoms with Crippen LogP contribution in [0, 0.1) is 5.41 Å². The summed E-state index contributed by atoms with van der Waals surface area (Å²) < 4.78 is 1.33. The highest BCUT2D eigenvalue weighted by Crippen LogP contribution is 2.41. The molecule has 1 fully saturated rings. The van der Waals surface area contributed by atoms with Gasteiger partial charge in [0.15, 0.2) is 0 Å². The van der Waals surface area contributed by atoms with E-state index in [-0.39, 0.29) is 0 Å². The Balaban J connectivity index is 1.85. The lowest BCUT2D eigenvalue weighted by Gasteiger charge is -2.35. The Morgan fingerprint density at radius 1 is 1.17 bits per heavy atom. The topological polar surface area (TPSA) is 12.9 Å². The zero-order chi connectivity index (χ0) is 12.4. The van der Waals surface area contributed by atoms with Gasteiger partial charge in [0.25, 0.3) is 0 Å². The minimum Gasteiger partial charge on any atom is -0.241 e. The molecular weight excluding hydrogens is 306 g/mol. The Morgan fingerprint density at radius 3 is 2.67 bits per heavy atom. The Kier molecular flexibility index (Phi) is 3.71. The van der Waals surface area contributed by atoms with Gasteiger partial charge in [-0.3, -0.25) is 0 Å². The zero-order valence-electron chi connectivity index (χ0n) is 10.5. The molecule has 1 heterocycles. The molecule has 0 aliphatic heterocycles. The predicted molar refractivity (Wildman–Crippen MR) is 82.6 cm³/mol. The van der Waals surface area contributed by atoms with E-state index in [0.717, 1.165) is 17.3 Å². The zero-order valence-corrected chi connectivity index (χ0v) is 12.9. The maximum Gasteiger partial charge on any atom is 0.0944 e. The molecule has 1 aromatic carbocycles. The van der Waals surface area contributed by atoms with Gasteiger partial charge in [-0.1, -0.05) is 47.3 Å². The van der Waals surface area contributed by atoms with Gasteiger partial charge in [0.05, 0.1) is 15.2 Å². The second-order valence-corrected chi connectivity index (χ2v) is 7.12. The maximum atomic E-state index is 4.80. The first-order valence-electron chi connectivity index (χ1n) is 6.72. The summed E-state index contributed by atoms with van der Waals surface area (Å²) in [6.07, 6.45) is 8.04. The highest BCUT2D eigenvalue weighted by atomic mass is 79.9. The SMILES string of the molecule is BrCC1(Cc2nc3ccccc3s2)CCCCC1. The van der Waals surface area contributed by atoms with Crippen molar-refractivity contribution < 1.29 is 0 Å². The van der Waals surface area contributed by atoms with Crippen LogP contribution in [0.3, 0.4) is 0 Å². The lowest BCUT2D eigenvalue weighted by atomic mass is 9.73. The van der Waals surface area contributed by atoms with Crippen molar-refractivity contribution in [2.24, 2.45) is 5.41 Å². The molecule has 0 bridgehead atoms. The van der Waals surface area contributed by atoms with Crippen LogP contribution in [0.4, 0.5) is 0 Å². The molecular formula is C15H18BrNS. The average molecular weight is 324 g/mol. The van der Waals surface area contributed by atoms with Gasteiger partial charge in [-0.05, 0) is 30.4 Å². The first-order chi connectivity index (χ1) is 8.81. The van der Waals surface area contributed by atoms with Crippen LogP contribution in [0.25, 0.3) is 10.2 Å². The molecule has 1 saturated carbocycles. The fourth-order valence-electron chi connectivity index (χ4n) is 2.98. The second kappa shape index (κ2) is 5.30. The third-order valence-electron chi connectivity index (χ3n) is 4.06. The molecule has 0 atom stereocenters. The van der Waals surface area contributed by atoms with Gasteiger partial charge in [0.2, 0.25) is 0 Å². The van der Waals surface area contributed by atoms with E-state index in [9.17, 15) is 0 Å². The third kappa shape index (κ3) is 2.48. The fraction of sp³-hybridized carbons (Fsp3) is 0.533. The van der Waals surface area contributed by atoms with E-state index in [1.807, 2.05) is 11.3 Å². The van der Waals surface area contributed by atoms with Crippen LogP contribution in [-0.4, -0.2) is 10.3 Å². The fourth-order valence-corrected chi connectivity index (χ4v) is 4.88. The molecule has 2 aromatic rings. The maximum absolute atomic E-state index is 4.80. The van der Waals surface area contributed by atoms with Gasteiger partial charge < -0.3 is 0 Å². The lowest BCUT2D eigenvalue weighted by Crippen LogP contribution is -2.28. The molecule has 3 rings (SSSR count). The molecule has 0 amide bonds. The summed E-state index contributed by atoms with van der Waals surface area (Å²) >= 11 is 5.62. The van der Waals surface area contributed by atoms with Crippen LogP contribution in [0.1, 0.15) is 37.1 Å². The monoisotopic (exact) mass is 323 g/mol. The number of alkyl halides is 1. The number of halogens is 1. The van der Waals surface area contributed by atoms with Crippen LogP contribution >= 0.6 is 27.3 Å². The van der Waals surface area contributed by atoms with Crippen LogP contribution in [0.5, 0.6) is 0 Å². The number of fused-ring (bicyclic) bond motifs is 1. The van der Waals surface area contributed by atoms with E-state index in [0.29, 0.717) is 5.41 Å². The lowest BCUT2D eigenvalue weighted by molar-refractivity contribution is 0.223. The smallest absolute Gasteiger partial charge is 0.0944 e. The molecule has 1 aromatic heterocycles. The number of rotatable bonds is 3. The van der Waals surface area contributed by atoms with Gasteiger partial charge in [0, 0.05) is 11.8 Å². The third-order valence-corrected chi connectivity index (χ3v) is 6.29. The van der Waals surface area contributed by atoms with Crippen LogP contribution in [0.2, 0.25) is 0 Å². The average Bonchev–Trinajstić information content (AvgIpc) is 2.81. The summed E-state index contributed by atoms with van der Waals surface area (Å²) in [6, 6.07) is 8.48. The largest absolute Gasteiger partial charge is 0.241 e. The minimum absolute atomic E-state index is 0.464. The highest BCUT2D eigenvalue weighted by Gasteiger charge is 2.32. The van der Waals surface area contributed by atoms with E-state index in [1.54, 1.807) is 0 Å². The summed E-state index contributed by atoms with van der Waals surface area (Å²) in [7, 11) is 0. The predicted octanol–water partition coefficient (Wildman–Crippen LogP) is 5.18.